The summed E-state index contributed by atoms with van der Waals surface area (Å²) in [5, 5.41) is 0. The van der Waals surface area contributed by atoms with Gasteiger partial charge in [0, 0.05) is 0 Å². The molecule has 1 aliphatic heterocycles. The number of unbranched alkanes of at least 4 members (excludes halogenated alkanes) is 5. The van der Waals surface area contributed by atoms with E-state index >= 15 is 0 Å². The molecule has 1 saturated heterocycles. The summed E-state index contributed by atoms with van der Waals surface area (Å²) in [5.41, 5.74) is 4.47. The zero-order chi connectivity index (χ0) is 19.5. The van der Waals surface area contributed by atoms with E-state index in [0.29, 0.717) is 0 Å². The van der Waals surface area contributed by atoms with Gasteiger partial charge in [0.25, 0.3) is 0 Å². The molecule has 0 atom stereocenters. The van der Waals surface area contributed by atoms with Crippen molar-refractivity contribution in [2.24, 2.45) is 0 Å². The van der Waals surface area contributed by atoms with E-state index in [1.165, 1.54) is 61.6 Å². The van der Waals surface area contributed by atoms with Crippen molar-refractivity contribution in [1.82, 2.24) is 0 Å². The smallest absolute Gasteiger partial charge is 0.399 e. The number of rotatable bonds is 8. The van der Waals surface area contributed by atoms with E-state index in [4.69, 9.17) is 9.31 Å². The third kappa shape index (κ3) is 4.76. The zero-order valence-electron chi connectivity index (χ0n) is 17.8. The van der Waals surface area contributed by atoms with Crippen LogP contribution in [0.4, 0.5) is 0 Å². The molecule has 0 bridgehead atoms. The molecule has 0 aromatic heterocycles. The van der Waals surface area contributed by atoms with Crippen LogP contribution >= 0.6 is 0 Å². The Labute approximate surface area is 166 Å². The molecule has 0 amide bonds. The molecule has 0 unspecified atom stereocenters. The van der Waals surface area contributed by atoms with Crippen LogP contribution in [-0.4, -0.2) is 18.3 Å². The molecule has 3 rings (SSSR count). The van der Waals surface area contributed by atoms with Gasteiger partial charge in [-0.3, -0.25) is 0 Å². The van der Waals surface area contributed by atoms with Crippen molar-refractivity contribution in [2.75, 3.05) is 0 Å². The van der Waals surface area contributed by atoms with Crippen LogP contribution in [0.2, 0.25) is 0 Å². The minimum absolute atomic E-state index is 0.282. The molecule has 0 aromatic rings. The summed E-state index contributed by atoms with van der Waals surface area (Å²) in [6.45, 7) is 10.7. The van der Waals surface area contributed by atoms with Gasteiger partial charge in [-0.2, -0.15) is 0 Å². The fraction of sp³-hybridized carbons (Fsp3) is 0.583. The molecule has 1 heterocycles. The number of hydrogen-bond acceptors (Lipinski definition) is 2. The van der Waals surface area contributed by atoms with Gasteiger partial charge in [-0.1, -0.05) is 75.4 Å². The van der Waals surface area contributed by atoms with Gasteiger partial charge in [0.15, 0.2) is 0 Å². The molecule has 146 valence electrons. The first kappa shape index (κ1) is 20.4. The summed E-state index contributed by atoms with van der Waals surface area (Å²) in [4.78, 5) is 0. The highest BCUT2D eigenvalue weighted by Crippen LogP contribution is 2.37. The molecule has 2 nitrogen and oxygen atoms in total. The van der Waals surface area contributed by atoms with Crippen LogP contribution < -0.4 is 5.46 Å². The maximum atomic E-state index is 6.20. The number of aryl methyl sites for hydroxylation is 1. The third-order valence-corrected chi connectivity index (χ3v) is 6.28. The van der Waals surface area contributed by atoms with Gasteiger partial charge in [0.05, 0.1) is 11.2 Å². The molecule has 1 fully saturated rings. The number of fused-ring (bicyclic) bond motifs is 1. The molecule has 0 spiro atoms. The van der Waals surface area contributed by atoms with Crippen molar-refractivity contribution in [2.45, 2.75) is 90.8 Å². The molecular weight excluding hydrogens is 331 g/mol. The molecule has 0 radical (unpaired) electrons. The lowest BCUT2D eigenvalue weighted by Gasteiger charge is -2.32. The Hall–Kier alpha value is -1.32. The van der Waals surface area contributed by atoms with Crippen LogP contribution in [-0.2, 0) is 15.7 Å². The average Bonchev–Trinajstić information content (AvgIpc) is 3.03. The largest absolute Gasteiger partial charge is 0.494 e. The zero-order valence-corrected chi connectivity index (χ0v) is 17.8. The van der Waals surface area contributed by atoms with Gasteiger partial charge >= 0.3 is 7.12 Å². The highest BCUT2D eigenvalue weighted by molar-refractivity contribution is 6.62. The molecule has 0 N–H and O–H groups in total. The second-order valence-electron chi connectivity index (χ2n) is 9.05. The van der Waals surface area contributed by atoms with Gasteiger partial charge < -0.3 is 9.31 Å². The van der Waals surface area contributed by atoms with E-state index in [9.17, 15) is 0 Å². The predicted molar refractivity (Wildman–Crippen MR) is 116 cm³/mol. The molecule has 0 saturated carbocycles. The maximum Gasteiger partial charge on any atom is 0.494 e. The number of hydrogen-bond donors (Lipinski definition) is 0. The lowest BCUT2D eigenvalue weighted by molar-refractivity contribution is 0.00578. The molecule has 2 aliphatic carbocycles. The quantitative estimate of drug-likeness (QED) is 0.422. The van der Waals surface area contributed by atoms with Gasteiger partial charge in [0.2, 0.25) is 0 Å². The Bertz CT molecular complexity index is 673. The summed E-state index contributed by atoms with van der Waals surface area (Å²) < 4.78 is 12.4. The van der Waals surface area contributed by atoms with E-state index < -0.39 is 0 Å². The fourth-order valence-corrected chi connectivity index (χ4v) is 3.70. The van der Waals surface area contributed by atoms with Gasteiger partial charge in [-0.25, -0.2) is 0 Å². The van der Waals surface area contributed by atoms with Crippen LogP contribution in [0, 0.1) is 0 Å². The van der Waals surface area contributed by atoms with E-state index in [1.807, 2.05) is 0 Å². The first-order valence-corrected chi connectivity index (χ1v) is 10.7. The van der Waals surface area contributed by atoms with Crippen LogP contribution in [0.25, 0.3) is 11.1 Å². The van der Waals surface area contributed by atoms with Crippen molar-refractivity contribution in [3.05, 3.63) is 42.0 Å². The highest BCUT2D eigenvalue weighted by atomic mass is 16.7. The maximum absolute atomic E-state index is 6.20. The van der Waals surface area contributed by atoms with Crippen LogP contribution in [0.1, 0.15) is 78.7 Å². The Morgan fingerprint density at radius 1 is 0.741 bits per heavy atom. The average molecular weight is 366 g/mol. The van der Waals surface area contributed by atoms with E-state index in [2.05, 4.69) is 71.0 Å². The highest BCUT2D eigenvalue weighted by Gasteiger charge is 2.51. The summed E-state index contributed by atoms with van der Waals surface area (Å²) in [6, 6.07) is 13.5. The monoisotopic (exact) mass is 366 g/mol. The summed E-state index contributed by atoms with van der Waals surface area (Å²) in [5.74, 6) is 0. The lowest BCUT2D eigenvalue weighted by Crippen LogP contribution is -2.41. The Kier molecular flexibility index (Phi) is 6.33. The lowest BCUT2D eigenvalue weighted by atomic mass is 9.81. The van der Waals surface area contributed by atoms with Crippen molar-refractivity contribution in [1.29, 1.82) is 0 Å². The summed E-state index contributed by atoms with van der Waals surface area (Å²) in [7, 11) is -0.282. The van der Waals surface area contributed by atoms with Crippen LogP contribution in [0.15, 0.2) is 36.4 Å². The molecule has 0 aromatic carbocycles. The Morgan fingerprint density at radius 2 is 1.26 bits per heavy atom. The van der Waals surface area contributed by atoms with E-state index in [0.717, 1.165) is 5.46 Å². The van der Waals surface area contributed by atoms with E-state index in [-0.39, 0.29) is 18.3 Å². The van der Waals surface area contributed by atoms with Gasteiger partial charge in [-0.05, 0) is 62.7 Å². The standard InChI is InChI=1S/C24H35BO2/c1-6-7-8-9-10-11-12-19-13-15-20-17-22(18-21(20)16-14-19)25-26-23(2,3)24(4,5)27-25/h13-18H,6-12H2,1-5H3. The fourth-order valence-electron chi connectivity index (χ4n) is 3.70. The van der Waals surface area contributed by atoms with Gasteiger partial charge in [-0.15, -0.1) is 0 Å². The minimum atomic E-state index is -0.296. The third-order valence-electron chi connectivity index (χ3n) is 6.28. The molecular formula is C24H35BO2. The molecule has 27 heavy (non-hydrogen) atoms. The van der Waals surface area contributed by atoms with Crippen molar-refractivity contribution >= 4 is 12.6 Å². The van der Waals surface area contributed by atoms with Crippen LogP contribution in [0.5, 0.6) is 0 Å². The predicted octanol–water partition coefficient (Wildman–Crippen LogP) is 5.99. The van der Waals surface area contributed by atoms with Crippen molar-refractivity contribution < 1.29 is 9.31 Å². The van der Waals surface area contributed by atoms with Crippen molar-refractivity contribution in [3.8, 4) is 11.1 Å². The normalized spacial score (nSPS) is 18.3. The second-order valence-corrected chi connectivity index (χ2v) is 9.05. The summed E-state index contributed by atoms with van der Waals surface area (Å²) in [6.07, 6.45) is 9.26. The van der Waals surface area contributed by atoms with E-state index in [1.54, 1.807) is 0 Å². The molecule has 3 heteroatoms. The Morgan fingerprint density at radius 3 is 1.81 bits per heavy atom. The first-order valence-electron chi connectivity index (χ1n) is 10.7. The topological polar surface area (TPSA) is 18.5 Å². The van der Waals surface area contributed by atoms with Crippen molar-refractivity contribution in [3.63, 3.8) is 0 Å². The van der Waals surface area contributed by atoms with Crippen LogP contribution in [0.3, 0.4) is 0 Å². The summed E-state index contributed by atoms with van der Waals surface area (Å²) >= 11 is 0. The SMILES string of the molecule is CCCCCCCCc1ccc2cc(B3OC(C)(C)C(C)(C)O3)cc-2cc1. The minimum Gasteiger partial charge on any atom is -0.399 e. The Balaban J connectivity index is 1.63. The molecule has 3 aliphatic rings. The second kappa shape index (κ2) is 8.37. The first-order chi connectivity index (χ1) is 12.8. The van der Waals surface area contributed by atoms with Gasteiger partial charge in [0.1, 0.15) is 0 Å².